The maximum atomic E-state index is 13.1. The molecule has 0 aliphatic carbocycles. The Morgan fingerprint density at radius 1 is 0.976 bits per heavy atom. The highest BCUT2D eigenvalue weighted by Crippen LogP contribution is 2.28. The van der Waals surface area contributed by atoms with Crippen molar-refractivity contribution in [3.63, 3.8) is 0 Å². The fourth-order valence-corrected chi connectivity index (χ4v) is 5.51. The number of imide groups is 1. The number of fused-ring (bicyclic) bond motifs is 1. The fraction of sp³-hybridized carbons (Fsp3) is 0.250. The minimum atomic E-state index is -1.59. The summed E-state index contributed by atoms with van der Waals surface area (Å²) in [5.41, 5.74) is 2.30. The van der Waals surface area contributed by atoms with Gasteiger partial charge in [-0.1, -0.05) is 48.2 Å². The van der Waals surface area contributed by atoms with Gasteiger partial charge in [-0.15, -0.1) is 0 Å². The number of methoxy groups -OCH3 is 1. The van der Waals surface area contributed by atoms with Gasteiger partial charge in [0.25, 0.3) is 11.8 Å². The van der Waals surface area contributed by atoms with Crippen LogP contribution in [0.1, 0.15) is 27.0 Å². The number of carbonyl (C=O) groups excluding carboxylic acids is 3. The monoisotopic (exact) mass is 562 g/mol. The molecule has 0 radical (unpaired) electrons. The van der Waals surface area contributed by atoms with Crippen LogP contribution in [-0.4, -0.2) is 78.9 Å². The van der Waals surface area contributed by atoms with E-state index in [2.05, 4.69) is 44.4 Å². The lowest BCUT2D eigenvalue weighted by atomic mass is 9.99. The molecule has 0 aromatic heterocycles. The zero-order valence-electron chi connectivity index (χ0n) is 23.1. The maximum absolute atomic E-state index is 13.1. The molecule has 10 nitrogen and oxygen atoms in total. The number of nitrogens with zero attached hydrogens (tertiary/aromatic N) is 3. The standard InChI is InChI=1S/C32H30N6O4/c1-42-26-12-11-24-20-38(29(39)27(24)19-26)21-32(30(40)34-31(41)35-32)14-13-22-7-9-23(10-8-22)28(33)37-17-15-36(16-18-37)25-5-3-2-4-6-25/h2-12,19,33H,15-18,20-21H2,1H3,(H2,34,35,40,41)/t32-/m1/s1. The van der Waals surface area contributed by atoms with Crippen LogP contribution in [0.3, 0.4) is 0 Å². The molecule has 0 unspecified atom stereocenters. The van der Waals surface area contributed by atoms with Crippen LogP contribution in [0.2, 0.25) is 0 Å². The van der Waals surface area contributed by atoms with Crippen molar-refractivity contribution in [2.45, 2.75) is 12.1 Å². The van der Waals surface area contributed by atoms with Crippen LogP contribution in [0.5, 0.6) is 5.75 Å². The van der Waals surface area contributed by atoms with Crippen molar-refractivity contribution in [3.8, 4) is 17.6 Å². The lowest BCUT2D eigenvalue weighted by molar-refractivity contribution is -0.122. The predicted molar refractivity (Wildman–Crippen MR) is 158 cm³/mol. The molecule has 3 aliphatic heterocycles. The van der Waals surface area contributed by atoms with Gasteiger partial charge in [0.15, 0.2) is 0 Å². The number of ether oxygens (including phenoxy) is 1. The van der Waals surface area contributed by atoms with Gasteiger partial charge < -0.3 is 24.8 Å². The van der Waals surface area contributed by atoms with E-state index >= 15 is 0 Å². The molecule has 6 rings (SSSR count). The second kappa shape index (κ2) is 10.9. The average molecular weight is 563 g/mol. The van der Waals surface area contributed by atoms with E-state index in [4.69, 9.17) is 10.1 Å². The Labute approximate surface area is 243 Å². The van der Waals surface area contributed by atoms with E-state index in [1.165, 1.54) is 17.7 Å². The fourth-order valence-electron chi connectivity index (χ4n) is 5.51. The van der Waals surface area contributed by atoms with E-state index in [-0.39, 0.29) is 12.5 Å². The largest absolute Gasteiger partial charge is 0.497 e. The zero-order chi connectivity index (χ0) is 29.3. The van der Waals surface area contributed by atoms with Gasteiger partial charge in [0.1, 0.15) is 11.6 Å². The molecule has 0 bridgehead atoms. The Morgan fingerprint density at radius 2 is 1.71 bits per heavy atom. The van der Waals surface area contributed by atoms with Crippen LogP contribution in [0, 0.1) is 17.3 Å². The van der Waals surface area contributed by atoms with Gasteiger partial charge in [0.05, 0.1) is 13.7 Å². The summed E-state index contributed by atoms with van der Waals surface area (Å²) in [4.78, 5) is 44.1. The third-order valence-corrected chi connectivity index (χ3v) is 7.86. The predicted octanol–water partition coefficient (Wildman–Crippen LogP) is 2.43. The second-order valence-electron chi connectivity index (χ2n) is 10.5. The summed E-state index contributed by atoms with van der Waals surface area (Å²) in [5.74, 6) is 6.10. The van der Waals surface area contributed by atoms with E-state index in [1.54, 1.807) is 24.3 Å². The van der Waals surface area contributed by atoms with Gasteiger partial charge in [-0.2, -0.15) is 0 Å². The molecule has 10 heteroatoms. The normalized spacial score (nSPS) is 19.5. The summed E-state index contributed by atoms with van der Waals surface area (Å²) in [6, 6.07) is 22.2. The molecule has 0 saturated carbocycles. The minimum absolute atomic E-state index is 0.106. The molecule has 3 aliphatic rings. The number of para-hydroxylation sites is 1. The van der Waals surface area contributed by atoms with Gasteiger partial charge in [0, 0.05) is 55.1 Å². The first kappa shape index (κ1) is 26.9. The van der Waals surface area contributed by atoms with Crippen molar-refractivity contribution in [1.82, 2.24) is 20.4 Å². The first-order chi connectivity index (χ1) is 20.3. The van der Waals surface area contributed by atoms with Crippen molar-refractivity contribution in [1.29, 1.82) is 5.41 Å². The zero-order valence-corrected chi connectivity index (χ0v) is 23.1. The topological polar surface area (TPSA) is 118 Å². The Morgan fingerprint density at radius 3 is 2.38 bits per heavy atom. The Hall–Kier alpha value is -5.30. The smallest absolute Gasteiger partial charge is 0.323 e. The Balaban J connectivity index is 1.14. The maximum Gasteiger partial charge on any atom is 0.323 e. The Kier molecular flexibility index (Phi) is 7.00. The molecular formula is C32H30N6O4. The lowest BCUT2D eigenvalue weighted by Crippen LogP contribution is -2.54. The summed E-state index contributed by atoms with van der Waals surface area (Å²) >= 11 is 0. The summed E-state index contributed by atoms with van der Waals surface area (Å²) in [5, 5.41) is 13.6. The number of benzene rings is 3. The van der Waals surface area contributed by atoms with Gasteiger partial charge in [-0.3, -0.25) is 20.3 Å². The van der Waals surface area contributed by atoms with Crippen LogP contribution in [0.15, 0.2) is 72.8 Å². The number of rotatable bonds is 5. The quantitative estimate of drug-likeness (QED) is 0.190. The van der Waals surface area contributed by atoms with E-state index in [9.17, 15) is 14.4 Å². The molecule has 3 aromatic carbocycles. The van der Waals surface area contributed by atoms with Crippen molar-refractivity contribution >= 4 is 29.4 Å². The SMILES string of the molecule is COc1ccc2c(c1)C(=O)N(C[C@@]1(C#Cc3ccc(C(=N)N4CCN(c5ccccc5)CC4)cc3)NC(=O)NC1=O)C2. The number of nitrogens with one attached hydrogen (secondary N) is 3. The highest BCUT2D eigenvalue weighted by Gasteiger charge is 2.48. The van der Waals surface area contributed by atoms with E-state index < -0.39 is 17.5 Å². The number of piperazine rings is 1. The molecule has 0 spiro atoms. The number of amidine groups is 1. The highest BCUT2D eigenvalue weighted by atomic mass is 16.5. The first-order valence-electron chi connectivity index (χ1n) is 13.7. The molecule has 3 N–H and O–H groups in total. The number of hydrogen-bond donors (Lipinski definition) is 3. The average Bonchev–Trinajstić information content (AvgIpc) is 3.49. The summed E-state index contributed by atoms with van der Waals surface area (Å²) < 4.78 is 5.24. The van der Waals surface area contributed by atoms with Crippen LogP contribution >= 0.6 is 0 Å². The summed E-state index contributed by atoms with van der Waals surface area (Å²) in [6.07, 6.45) is 0. The van der Waals surface area contributed by atoms with Crippen LogP contribution in [0.25, 0.3) is 0 Å². The molecule has 3 heterocycles. The number of anilines is 1. The Bertz CT molecular complexity index is 1620. The number of hydrogen-bond acceptors (Lipinski definition) is 6. The van der Waals surface area contributed by atoms with Crippen molar-refractivity contribution in [3.05, 3.63) is 95.1 Å². The van der Waals surface area contributed by atoms with Gasteiger partial charge in [0.2, 0.25) is 5.54 Å². The van der Waals surface area contributed by atoms with Gasteiger partial charge in [-0.25, -0.2) is 4.79 Å². The molecule has 4 amide bonds. The van der Waals surface area contributed by atoms with Crippen LogP contribution < -0.4 is 20.3 Å². The molecular weight excluding hydrogens is 532 g/mol. The lowest BCUT2D eigenvalue weighted by Gasteiger charge is -2.37. The van der Waals surface area contributed by atoms with Crippen LogP contribution in [0.4, 0.5) is 10.5 Å². The van der Waals surface area contributed by atoms with Gasteiger partial charge >= 0.3 is 6.03 Å². The summed E-state index contributed by atoms with van der Waals surface area (Å²) in [6.45, 7) is 3.36. The second-order valence-corrected chi connectivity index (χ2v) is 10.5. The van der Waals surface area contributed by atoms with Crippen molar-refractivity contribution in [2.24, 2.45) is 0 Å². The number of carbonyl (C=O) groups is 3. The molecule has 42 heavy (non-hydrogen) atoms. The van der Waals surface area contributed by atoms with Crippen LogP contribution in [-0.2, 0) is 11.3 Å². The van der Waals surface area contributed by atoms with E-state index in [1.807, 2.05) is 36.4 Å². The van der Waals surface area contributed by atoms with Gasteiger partial charge in [-0.05, 0) is 42.0 Å². The van der Waals surface area contributed by atoms with Crippen molar-refractivity contribution < 1.29 is 19.1 Å². The van der Waals surface area contributed by atoms with E-state index in [0.29, 0.717) is 29.3 Å². The number of urea groups is 1. The first-order valence-corrected chi connectivity index (χ1v) is 13.7. The third kappa shape index (κ3) is 5.12. The van der Waals surface area contributed by atoms with Crippen molar-refractivity contribution in [2.75, 3.05) is 44.7 Å². The van der Waals surface area contributed by atoms with E-state index in [0.717, 1.165) is 37.3 Å². The molecule has 2 fully saturated rings. The molecule has 2 saturated heterocycles. The summed E-state index contributed by atoms with van der Waals surface area (Å²) in [7, 11) is 1.53. The number of amides is 4. The minimum Gasteiger partial charge on any atom is -0.497 e. The molecule has 212 valence electrons. The third-order valence-electron chi connectivity index (χ3n) is 7.86. The molecule has 3 aromatic rings. The highest BCUT2D eigenvalue weighted by molar-refractivity contribution is 6.10. The molecule has 1 atom stereocenters.